The highest BCUT2D eigenvalue weighted by molar-refractivity contribution is 5.88. The Morgan fingerprint density at radius 2 is 2.00 bits per heavy atom. The maximum Gasteiger partial charge on any atom is 0.339 e. The number of rotatable bonds is 6. The molecule has 0 amide bonds. The van der Waals surface area contributed by atoms with Crippen LogP contribution < -0.4 is 0 Å². The Labute approximate surface area is 102 Å². The normalized spacial score (nSPS) is 11.4. The maximum atomic E-state index is 10.9. The van der Waals surface area contributed by atoms with Crippen LogP contribution >= 0.6 is 0 Å². The number of hydrogen-bond donors (Lipinski definition) is 1. The standard InChI is InChI=1S/C12H20N2O3/c1-9-11(12(15)16)7-10(17-9)8-14(4)6-5-13(2)3/h7H,5-6,8H2,1-4H3,(H,15,16). The second-order valence-electron chi connectivity index (χ2n) is 4.53. The van der Waals surface area contributed by atoms with Gasteiger partial charge >= 0.3 is 5.97 Å². The van der Waals surface area contributed by atoms with Gasteiger partial charge in [0.15, 0.2) is 0 Å². The molecule has 0 fully saturated rings. The first-order chi connectivity index (χ1) is 7.90. The van der Waals surface area contributed by atoms with E-state index in [-0.39, 0.29) is 5.56 Å². The van der Waals surface area contributed by atoms with Crippen molar-refractivity contribution in [2.24, 2.45) is 0 Å². The molecular formula is C12H20N2O3. The molecule has 0 saturated carbocycles. The van der Waals surface area contributed by atoms with Crippen LogP contribution in [0.2, 0.25) is 0 Å². The Hall–Kier alpha value is -1.33. The van der Waals surface area contributed by atoms with Gasteiger partial charge in [-0.25, -0.2) is 4.79 Å². The van der Waals surface area contributed by atoms with Crippen molar-refractivity contribution >= 4 is 5.97 Å². The number of carbonyl (C=O) groups is 1. The first kappa shape index (κ1) is 13.7. The summed E-state index contributed by atoms with van der Waals surface area (Å²) < 4.78 is 5.42. The van der Waals surface area contributed by atoms with E-state index in [4.69, 9.17) is 9.52 Å². The van der Waals surface area contributed by atoms with Crippen molar-refractivity contribution in [1.82, 2.24) is 9.80 Å². The number of hydrogen-bond acceptors (Lipinski definition) is 4. The lowest BCUT2D eigenvalue weighted by Crippen LogP contribution is -2.28. The third-order valence-corrected chi connectivity index (χ3v) is 2.55. The lowest BCUT2D eigenvalue weighted by molar-refractivity contribution is 0.0695. The molecule has 1 rings (SSSR count). The molecule has 0 aliphatic rings. The lowest BCUT2D eigenvalue weighted by Gasteiger charge is -2.17. The van der Waals surface area contributed by atoms with E-state index in [1.807, 2.05) is 21.1 Å². The largest absolute Gasteiger partial charge is 0.478 e. The molecule has 1 aromatic heterocycles. The van der Waals surface area contributed by atoms with Gasteiger partial charge in [0.25, 0.3) is 0 Å². The predicted octanol–water partition coefficient (Wildman–Crippen LogP) is 1.28. The third-order valence-electron chi connectivity index (χ3n) is 2.55. The second kappa shape index (κ2) is 5.84. The molecule has 0 unspecified atom stereocenters. The first-order valence-corrected chi connectivity index (χ1v) is 5.56. The fourth-order valence-electron chi connectivity index (χ4n) is 1.55. The van der Waals surface area contributed by atoms with Crippen LogP contribution in [0.3, 0.4) is 0 Å². The Balaban J connectivity index is 2.57. The van der Waals surface area contributed by atoms with E-state index in [9.17, 15) is 4.79 Å². The van der Waals surface area contributed by atoms with E-state index < -0.39 is 5.97 Å². The van der Waals surface area contributed by atoms with Gasteiger partial charge in [0.1, 0.15) is 17.1 Å². The van der Waals surface area contributed by atoms with Gasteiger partial charge in [0, 0.05) is 13.1 Å². The topological polar surface area (TPSA) is 56.9 Å². The number of nitrogens with zero attached hydrogens (tertiary/aromatic N) is 2. The number of furan rings is 1. The molecule has 5 nitrogen and oxygen atoms in total. The van der Waals surface area contributed by atoms with Gasteiger partial charge in [-0.2, -0.15) is 0 Å². The van der Waals surface area contributed by atoms with Crippen LogP contribution in [0.1, 0.15) is 21.9 Å². The summed E-state index contributed by atoms with van der Waals surface area (Å²) >= 11 is 0. The van der Waals surface area contributed by atoms with Crippen molar-refractivity contribution in [3.05, 3.63) is 23.2 Å². The molecule has 0 bridgehead atoms. The van der Waals surface area contributed by atoms with Crippen LogP contribution in [-0.4, -0.2) is 55.1 Å². The molecule has 5 heteroatoms. The summed E-state index contributed by atoms with van der Waals surface area (Å²) in [5.41, 5.74) is 0.251. The van der Waals surface area contributed by atoms with Gasteiger partial charge in [-0.3, -0.25) is 4.90 Å². The van der Waals surface area contributed by atoms with Gasteiger partial charge in [0.2, 0.25) is 0 Å². The predicted molar refractivity (Wildman–Crippen MR) is 65.3 cm³/mol. The number of likely N-dealkylation sites (N-methyl/N-ethyl adjacent to an activating group) is 2. The summed E-state index contributed by atoms with van der Waals surface area (Å²) in [6.45, 7) is 4.17. The van der Waals surface area contributed by atoms with Gasteiger partial charge in [-0.15, -0.1) is 0 Å². The summed E-state index contributed by atoms with van der Waals surface area (Å²) in [4.78, 5) is 15.1. The lowest BCUT2D eigenvalue weighted by atomic mass is 10.2. The average Bonchev–Trinajstić information content (AvgIpc) is 2.56. The van der Waals surface area contributed by atoms with Crippen molar-refractivity contribution in [3.8, 4) is 0 Å². The van der Waals surface area contributed by atoms with Crippen molar-refractivity contribution in [2.45, 2.75) is 13.5 Å². The van der Waals surface area contributed by atoms with Crippen molar-refractivity contribution in [2.75, 3.05) is 34.2 Å². The average molecular weight is 240 g/mol. The minimum atomic E-state index is -0.937. The molecular weight excluding hydrogens is 220 g/mol. The molecule has 1 N–H and O–H groups in total. The van der Waals surface area contributed by atoms with Crippen molar-refractivity contribution < 1.29 is 14.3 Å². The maximum absolute atomic E-state index is 10.9. The Bertz CT molecular complexity index is 385. The number of aromatic carboxylic acids is 1. The molecule has 0 aliphatic carbocycles. The zero-order valence-corrected chi connectivity index (χ0v) is 10.9. The van der Waals surface area contributed by atoms with E-state index in [0.717, 1.165) is 13.1 Å². The Kier molecular flexibility index (Phi) is 4.72. The van der Waals surface area contributed by atoms with Gasteiger partial charge in [-0.05, 0) is 34.1 Å². The van der Waals surface area contributed by atoms with Crippen LogP contribution in [0.4, 0.5) is 0 Å². The quantitative estimate of drug-likeness (QED) is 0.811. The number of carboxylic acids is 1. The third kappa shape index (κ3) is 4.20. The second-order valence-corrected chi connectivity index (χ2v) is 4.53. The van der Waals surface area contributed by atoms with Crippen molar-refractivity contribution in [1.29, 1.82) is 0 Å². The molecule has 1 aromatic rings. The minimum Gasteiger partial charge on any atom is -0.478 e. The molecule has 0 aromatic carbocycles. The minimum absolute atomic E-state index is 0.251. The highest BCUT2D eigenvalue weighted by atomic mass is 16.4. The highest BCUT2D eigenvalue weighted by Crippen LogP contribution is 2.15. The highest BCUT2D eigenvalue weighted by Gasteiger charge is 2.14. The van der Waals surface area contributed by atoms with E-state index >= 15 is 0 Å². The summed E-state index contributed by atoms with van der Waals surface area (Å²) in [6, 6.07) is 1.60. The molecule has 0 radical (unpaired) electrons. The molecule has 96 valence electrons. The molecule has 0 atom stereocenters. The molecule has 0 aliphatic heterocycles. The van der Waals surface area contributed by atoms with E-state index in [0.29, 0.717) is 18.1 Å². The molecule has 0 saturated heterocycles. The summed E-state index contributed by atoms with van der Waals surface area (Å²) in [7, 11) is 6.03. The van der Waals surface area contributed by atoms with E-state index in [1.165, 1.54) is 0 Å². The Morgan fingerprint density at radius 3 is 2.47 bits per heavy atom. The fourth-order valence-corrected chi connectivity index (χ4v) is 1.55. The first-order valence-electron chi connectivity index (χ1n) is 5.56. The summed E-state index contributed by atoms with van der Waals surface area (Å²) in [5.74, 6) is 0.225. The zero-order valence-electron chi connectivity index (χ0n) is 10.9. The monoisotopic (exact) mass is 240 g/mol. The van der Waals surface area contributed by atoms with E-state index in [2.05, 4.69) is 9.80 Å². The molecule has 17 heavy (non-hydrogen) atoms. The zero-order chi connectivity index (χ0) is 13.0. The van der Waals surface area contributed by atoms with Crippen LogP contribution in [-0.2, 0) is 6.54 Å². The van der Waals surface area contributed by atoms with Crippen LogP contribution in [0.5, 0.6) is 0 Å². The summed E-state index contributed by atoms with van der Waals surface area (Å²) in [6.07, 6.45) is 0. The smallest absolute Gasteiger partial charge is 0.339 e. The SMILES string of the molecule is Cc1oc(CN(C)CCN(C)C)cc1C(=O)O. The van der Waals surface area contributed by atoms with E-state index in [1.54, 1.807) is 13.0 Å². The van der Waals surface area contributed by atoms with Gasteiger partial charge in [0.05, 0.1) is 6.54 Å². The van der Waals surface area contributed by atoms with Gasteiger partial charge in [-0.1, -0.05) is 0 Å². The number of aryl methyl sites for hydroxylation is 1. The Morgan fingerprint density at radius 1 is 1.35 bits per heavy atom. The van der Waals surface area contributed by atoms with Crippen LogP contribution in [0.15, 0.2) is 10.5 Å². The molecule has 0 spiro atoms. The fraction of sp³-hybridized carbons (Fsp3) is 0.583. The van der Waals surface area contributed by atoms with Crippen LogP contribution in [0.25, 0.3) is 0 Å². The van der Waals surface area contributed by atoms with Crippen LogP contribution in [0, 0.1) is 6.92 Å². The summed E-state index contributed by atoms with van der Waals surface area (Å²) in [5, 5.41) is 8.91. The molecule has 1 heterocycles. The van der Waals surface area contributed by atoms with Crippen molar-refractivity contribution in [3.63, 3.8) is 0 Å². The number of carboxylic acid groups (broad SMARTS) is 1. The van der Waals surface area contributed by atoms with Gasteiger partial charge < -0.3 is 14.4 Å².